The van der Waals surface area contributed by atoms with E-state index >= 15 is 0 Å². The third-order valence-electron chi connectivity index (χ3n) is 3.48. The number of hydrogen-bond donors (Lipinski definition) is 1. The van der Waals surface area contributed by atoms with E-state index in [1.807, 2.05) is 43.3 Å². The number of nitrogens with one attached hydrogen (secondary N) is 1. The molecule has 1 N–H and O–H groups in total. The fraction of sp³-hybridized carbons (Fsp3) is 0.316. The molecule has 1 atom stereocenters. The lowest BCUT2D eigenvalue weighted by Crippen LogP contribution is -2.38. The van der Waals surface area contributed by atoms with Gasteiger partial charge in [-0.1, -0.05) is 24.3 Å². The lowest BCUT2D eigenvalue weighted by Gasteiger charge is -2.15. The van der Waals surface area contributed by atoms with E-state index < -0.39 is 6.10 Å². The summed E-state index contributed by atoms with van der Waals surface area (Å²) in [6, 6.07) is 14.9. The second kappa shape index (κ2) is 8.82. The minimum absolute atomic E-state index is 0.189. The van der Waals surface area contributed by atoms with Crippen LogP contribution in [0.25, 0.3) is 0 Å². The monoisotopic (exact) mass is 329 g/mol. The van der Waals surface area contributed by atoms with Crippen LogP contribution in [-0.4, -0.2) is 32.3 Å². The van der Waals surface area contributed by atoms with Crippen molar-refractivity contribution in [2.24, 2.45) is 0 Å². The molecule has 2 aromatic rings. The Morgan fingerprint density at radius 3 is 2.62 bits per heavy atom. The number of carbonyl (C=O) groups is 1. The van der Waals surface area contributed by atoms with Gasteiger partial charge in [0.05, 0.1) is 13.7 Å². The molecule has 0 spiro atoms. The molecule has 2 aromatic carbocycles. The summed E-state index contributed by atoms with van der Waals surface area (Å²) in [6.07, 6.45) is -0.601. The summed E-state index contributed by atoms with van der Waals surface area (Å²) in [5, 5.41) is 2.80. The maximum absolute atomic E-state index is 12.1. The molecule has 0 saturated heterocycles. The predicted octanol–water partition coefficient (Wildman–Crippen LogP) is 2.97. The quantitative estimate of drug-likeness (QED) is 0.757. The Bertz CT molecular complexity index is 672. The average molecular weight is 329 g/mol. The number of carbonyl (C=O) groups excluding carboxylic acids is 1. The molecule has 5 heteroatoms. The van der Waals surface area contributed by atoms with E-state index in [4.69, 9.17) is 14.2 Å². The molecule has 0 fully saturated rings. The number of rotatable bonds is 8. The molecule has 24 heavy (non-hydrogen) atoms. The first-order chi connectivity index (χ1) is 11.6. The lowest BCUT2D eigenvalue weighted by molar-refractivity contribution is -0.127. The van der Waals surface area contributed by atoms with Crippen LogP contribution in [-0.2, 0) is 4.79 Å². The van der Waals surface area contributed by atoms with Gasteiger partial charge in [0, 0.05) is 6.07 Å². The van der Waals surface area contributed by atoms with Crippen molar-refractivity contribution >= 4 is 5.91 Å². The van der Waals surface area contributed by atoms with E-state index in [1.54, 1.807) is 26.2 Å². The molecule has 0 aromatic heterocycles. The van der Waals surface area contributed by atoms with E-state index in [9.17, 15) is 4.79 Å². The van der Waals surface area contributed by atoms with Crippen molar-refractivity contribution in [3.05, 3.63) is 54.1 Å². The highest BCUT2D eigenvalue weighted by Gasteiger charge is 2.14. The van der Waals surface area contributed by atoms with Gasteiger partial charge >= 0.3 is 0 Å². The highest BCUT2D eigenvalue weighted by molar-refractivity contribution is 5.80. The van der Waals surface area contributed by atoms with Gasteiger partial charge in [-0.3, -0.25) is 4.79 Å². The largest absolute Gasteiger partial charge is 0.497 e. The first-order valence-corrected chi connectivity index (χ1v) is 7.87. The third-order valence-corrected chi connectivity index (χ3v) is 3.48. The number of methoxy groups -OCH3 is 1. The second-order valence-corrected chi connectivity index (χ2v) is 5.34. The van der Waals surface area contributed by atoms with Crippen LogP contribution < -0.4 is 19.5 Å². The van der Waals surface area contributed by atoms with Crippen molar-refractivity contribution < 1.29 is 19.0 Å². The highest BCUT2D eigenvalue weighted by Crippen LogP contribution is 2.20. The molecule has 128 valence electrons. The molecule has 0 aliphatic rings. The molecule has 0 radical (unpaired) electrons. The summed E-state index contributed by atoms with van der Waals surface area (Å²) < 4.78 is 16.4. The maximum Gasteiger partial charge on any atom is 0.260 e. The fourth-order valence-electron chi connectivity index (χ4n) is 2.13. The van der Waals surface area contributed by atoms with Crippen LogP contribution in [0, 0.1) is 6.92 Å². The van der Waals surface area contributed by atoms with E-state index in [1.165, 1.54) is 0 Å². The molecule has 5 nitrogen and oxygen atoms in total. The van der Waals surface area contributed by atoms with Gasteiger partial charge in [0.15, 0.2) is 6.10 Å². The van der Waals surface area contributed by atoms with Gasteiger partial charge in [0.25, 0.3) is 5.91 Å². The Morgan fingerprint density at radius 2 is 1.88 bits per heavy atom. The topological polar surface area (TPSA) is 56.8 Å². The first-order valence-electron chi connectivity index (χ1n) is 7.87. The van der Waals surface area contributed by atoms with Gasteiger partial charge in [-0.2, -0.15) is 0 Å². The van der Waals surface area contributed by atoms with Gasteiger partial charge in [0.2, 0.25) is 0 Å². The zero-order valence-corrected chi connectivity index (χ0v) is 14.2. The van der Waals surface area contributed by atoms with Crippen LogP contribution >= 0.6 is 0 Å². The Kier molecular flexibility index (Phi) is 6.49. The molecule has 0 aliphatic carbocycles. The molecule has 0 saturated carbocycles. The van der Waals surface area contributed by atoms with Gasteiger partial charge in [-0.25, -0.2) is 0 Å². The van der Waals surface area contributed by atoms with E-state index in [-0.39, 0.29) is 5.91 Å². The Balaban J connectivity index is 1.74. The van der Waals surface area contributed by atoms with Crippen LogP contribution in [0.3, 0.4) is 0 Å². The second-order valence-electron chi connectivity index (χ2n) is 5.34. The predicted molar refractivity (Wildman–Crippen MR) is 92.8 cm³/mol. The SMILES string of the molecule is COc1cccc(O[C@H](C)C(=O)NCCOc2ccccc2C)c1. The maximum atomic E-state index is 12.1. The van der Waals surface area contributed by atoms with Gasteiger partial charge in [-0.05, 0) is 37.6 Å². The third kappa shape index (κ3) is 5.19. The van der Waals surface area contributed by atoms with Crippen LogP contribution in [0.5, 0.6) is 17.2 Å². The minimum atomic E-state index is -0.601. The summed E-state index contributed by atoms with van der Waals surface area (Å²) in [7, 11) is 1.59. The van der Waals surface area contributed by atoms with Crippen molar-refractivity contribution in [1.29, 1.82) is 0 Å². The minimum Gasteiger partial charge on any atom is -0.497 e. The van der Waals surface area contributed by atoms with Crippen molar-refractivity contribution in [3.63, 3.8) is 0 Å². The average Bonchev–Trinajstić information content (AvgIpc) is 2.60. The zero-order chi connectivity index (χ0) is 17.4. The van der Waals surface area contributed by atoms with Crippen molar-refractivity contribution in [3.8, 4) is 17.2 Å². The molecule has 0 aliphatic heterocycles. The Hall–Kier alpha value is -2.69. The molecular weight excluding hydrogens is 306 g/mol. The standard InChI is InChI=1S/C19H23NO4/c1-14-7-4-5-10-18(14)23-12-11-20-19(21)15(2)24-17-9-6-8-16(13-17)22-3/h4-10,13,15H,11-12H2,1-3H3,(H,20,21)/t15-/m1/s1. The number of benzene rings is 2. The molecule has 1 amide bonds. The lowest BCUT2D eigenvalue weighted by atomic mass is 10.2. The van der Waals surface area contributed by atoms with Crippen molar-refractivity contribution in [1.82, 2.24) is 5.32 Å². The molecule has 2 rings (SSSR count). The van der Waals surface area contributed by atoms with Gasteiger partial charge < -0.3 is 19.5 Å². The van der Waals surface area contributed by atoms with Crippen LogP contribution in [0.15, 0.2) is 48.5 Å². The molecule has 0 bridgehead atoms. The Morgan fingerprint density at radius 1 is 1.12 bits per heavy atom. The normalized spacial score (nSPS) is 11.5. The van der Waals surface area contributed by atoms with Crippen molar-refractivity contribution in [2.45, 2.75) is 20.0 Å². The molecular formula is C19H23NO4. The van der Waals surface area contributed by atoms with Crippen LogP contribution in [0.2, 0.25) is 0 Å². The summed E-state index contributed by atoms with van der Waals surface area (Å²) >= 11 is 0. The summed E-state index contributed by atoms with van der Waals surface area (Å²) in [4.78, 5) is 12.1. The number of aryl methyl sites for hydroxylation is 1. The zero-order valence-electron chi connectivity index (χ0n) is 14.2. The summed E-state index contributed by atoms with van der Waals surface area (Å²) in [5.41, 5.74) is 1.07. The van der Waals surface area contributed by atoms with E-state index in [0.29, 0.717) is 24.7 Å². The summed E-state index contributed by atoms with van der Waals surface area (Å²) in [5.74, 6) is 1.92. The number of amides is 1. The van der Waals surface area contributed by atoms with Crippen LogP contribution in [0.4, 0.5) is 0 Å². The van der Waals surface area contributed by atoms with E-state index in [2.05, 4.69) is 5.32 Å². The number of para-hydroxylation sites is 1. The molecule has 0 unspecified atom stereocenters. The Labute approximate surface area is 142 Å². The number of ether oxygens (including phenoxy) is 3. The smallest absolute Gasteiger partial charge is 0.260 e. The molecule has 0 heterocycles. The van der Waals surface area contributed by atoms with Crippen molar-refractivity contribution in [2.75, 3.05) is 20.3 Å². The van der Waals surface area contributed by atoms with E-state index in [0.717, 1.165) is 11.3 Å². The summed E-state index contributed by atoms with van der Waals surface area (Å²) in [6.45, 7) is 4.51. The fourth-order valence-corrected chi connectivity index (χ4v) is 2.13. The van der Waals surface area contributed by atoms with Gasteiger partial charge in [0.1, 0.15) is 23.9 Å². The van der Waals surface area contributed by atoms with Crippen LogP contribution in [0.1, 0.15) is 12.5 Å². The van der Waals surface area contributed by atoms with Gasteiger partial charge in [-0.15, -0.1) is 0 Å². The number of hydrogen-bond acceptors (Lipinski definition) is 4. The highest BCUT2D eigenvalue weighted by atomic mass is 16.5. The first kappa shape index (κ1) is 17.7.